The summed E-state index contributed by atoms with van der Waals surface area (Å²) in [5, 5.41) is 9.41. The number of nitrogens with two attached hydrogens (primary N) is 1. The maximum Gasteiger partial charge on any atom is 0.223 e. The lowest BCUT2D eigenvalue weighted by Gasteiger charge is -2.17. The minimum Gasteiger partial charge on any atom is -0.394 e. The molecule has 2 aromatic rings. The van der Waals surface area contributed by atoms with Crippen LogP contribution in [0.25, 0.3) is 11.2 Å². The van der Waals surface area contributed by atoms with Crippen molar-refractivity contribution in [3.63, 3.8) is 0 Å². The lowest BCUT2D eigenvalue weighted by molar-refractivity contribution is -0.0294. The van der Waals surface area contributed by atoms with Crippen molar-refractivity contribution in [3.8, 4) is 0 Å². The lowest BCUT2D eigenvalue weighted by Crippen LogP contribution is -2.15. The Morgan fingerprint density at radius 2 is 2.19 bits per heavy atom. The van der Waals surface area contributed by atoms with E-state index in [0.717, 1.165) is 6.42 Å². The SMILES string of the molecule is CC.CC1CC(CO)OC1n1cnc2c(Cl)nc(N)nc21. The topological polar surface area (TPSA) is 99.1 Å². The Bertz CT molecular complexity index is 618. The smallest absolute Gasteiger partial charge is 0.223 e. The zero-order valence-corrected chi connectivity index (χ0v) is 13.1. The highest BCUT2D eigenvalue weighted by Gasteiger charge is 2.34. The Balaban J connectivity index is 0.000000774. The summed E-state index contributed by atoms with van der Waals surface area (Å²) in [4.78, 5) is 12.2. The Hall–Kier alpha value is -1.44. The van der Waals surface area contributed by atoms with Crippen LogP contribution in [0.4, 0.5) is 5.95 Å². The summed E-state index contributed by atoms with van der Waals surface area (Å²) in [7, 11) is 0. The predicted molar refractivity (Wildman–Crippen MR) is 80.9 cm³/mol. The number of anilines is 1. The molecule has 3 rings (SSSR count). The molecule has 3 atom stereocenters. The number of nitrogens with zero attached hydrogens (tertiary/aromatic N) is 4. The van der Waals surface area contributed by atoms with Crippen molar-refractivity contribution in [2.45, 2.75) is 39.5 Å². The first-order chi connectivity index (χ1) is 10.1. The highest BCUT2D eigenvalue weighted by atomic mass is 35.5. The summed E-state index contributed by atoms with van der Waals surface area (Å²) in [5.41, 5.74) is 6.66. The summed E-state index contributed by atoms with van der Waals surface area (Å²) < 4.78 is 7.57. The molecule has 3 heterocycles. The fraction of sp³-hybridized carbons (Fsp3) is 0.615. The van der Waals surface area contributed by atoms with Crippen LogP contribution >= 0.6 is 11.6 Å². The van der Waals surface area contributed by atoms with Gasteiger partial charge in [-0.25, -0.2) is 4.98 Å². The third kappa shape index (κ3) is 2.95. The van der Waals surface area contributed by atoms with E-state index >= 15 is 0 Å². The quantitative estimate of drug-likeness (QED) is 0.823. The molecule has 2 aromatic heterocycles. The molecule has 1 fully saturated rings. The maximum absolute atomic E-state index is 9.18. The molecule has 0 radical (unpaired) electrons. The molecule has 0 spiro atoms. The van der Waals surface area contributed by atoms with Gasteiger partial charge >= 0.3 is 0 Å². The van der Waals surface area contributed by atoms with Crippen LogP contribution in [0.5, 0.6) is 0 Å². The summed E-state index contributed by atoms with van der Waals surface area (Å²) in [6, 6.07) is 0. The molecular weight excluding hydrogens is 294 g/mol. The summed E-state index contributed by atoms with van der Waals surface area (Å²) >= 11 is 5.99. The number of halogens is 1. The van der Waals surface area contributed by atoms with E-state index in [1.807, 2.05) is 13.8 Å². The molecule has 0 bridgehead atoms. The van der Waals surface area contributed by atoms with Gasteiger partial charge in [0.05, 0.1) is 19.0 Å². The van der Waals surface area contributed by atoms with Crippen LogP contribution in [0.3, 0.4) is 0 Å². The van der Waals surface area contributed by atoms with E-state index in [9.17, 15) is 5.11 Å². The number of fused-ring (bicyclic) bond motifs is 1. The monoisotopic (exact) mass is 313 g/mol. The summed E-state index contributed by atoms with van der Waals surface area (Å²) in [5.74, 6) is 0.341. The van der Waals surface area contributed by atoms with Gasteiger partial charge < -0.3 is 15.6 Å². The Kier molecular flexibility index (Phi) is 4.97. The molecule has 116 valence electrons. The van der Waals surface area contributed by atoms with Crippen LogP contribution < -0.4 is 5.73 Å². The third-order valence-electron chi connectivity index (χ3n) is 3.33. The number of ether oxygens (including phenoxy) is 1. The van der Waals surface area contributed by atoms with Gasteiger partial charge in [0, 0.05) is 5.92 Å². The van der Waals surface area contributed by atoms with E-state index in [-0.39, 0.29) is 36.0 Å². The van der Waals surface area contributed by atoms with Crippen molar-refractivity contribution in [1.82, 2.24) is 19.5 Å². The average Bonchev–Trinajstić information content (AvgIpc) is 3.04. The van der Waals surface area contributed by atoms with Crippen LogP contribution in [-0.2, 0) is 4.74 Å². The van der Waals surface area contributed by atoms with Crippen LogP contribution in [0.1, 0.15) is 33.4 Å². The normalized spacial score (nSPS) is 24.9. The van der Waals surface area contributed by atoms with Crippen LogP contribution in [0.2, 0.25) is 5.15 Å². The van der Waals surface area contributed by atoms with Crippen molar-refractivity contribution < 1.29 is 9.84 Å². The molecular formula is C13H20ClN5O2. The number of nitrogen functional groups attached to an aromatic ring is 1. The van der Waals surface area contributed by atoms with Crippen molar-refractivity contribution in [2.75, 3.05) is 12.3 Å². The van der Waals surface area contributed by atoms with Gasteiger partial charge in [0.2, 0.25) is 5.95 Å². The van der Waals surface area contributed by atoms with E-state index < -0.39 is 0 Å². The van der Waals surface area contributed by atoms with Crippen LogP contribution in [0, 0.1) is 5.92 Å². The second kappa shape index (κ2) is 6.55. The number of rotatable bonds is 2. The van der Waals surface area contributed by atoms with Gasteiger partial charge in [0.1, 0.15) is 11.7 Å². The number of hydrogen-bond acceptors (Lipinski definition) is 6. The first-order valence-corrected chi connectivity index (χ1v) is 7.39. The molecule has 1 aliphatic rings. The second-order valence-corrected chi connectivity index (χ2v) is 5.10. The fourth-order valence-corrected chi connectivity index (χ4v) is 2.68. The molecule has 3 N–H and O–H groups in total. The van der Waals surface area contributed by atoms with E-state index in [1.165, 1.54) is 0 Å². The van der Waals surface area contributed by atoms with Gasteiger partial charge in [-0.1, -0.05) is 32.4 Å². The number of aliphatic hydroxyl groups is 1. The number of imidazole rings is 1. The maximum atomic E-state index is 9.18. The molecule has 1 saturated heterocycles. The molecule has 0 aromatic carbocycles. The van der Waals surface area contributed by atoms with Gasteiger partial charge in [-0.3, -0.25) is 4.57 Å². The standard InChI is InChI=1S/C11H14ClN5O2.C2H6/c1-5-2-6(3-18)19-10(5)17-4-14-7-8(12)15-11(13)16-9(7)17;1-2/h4-6,10,18H,2-3H2,1H3,(H2,13,15,16);1-2H3. The summed E-state index contributed by atoms with van der Waals surface area (Å²) in [6.45, 7) is 6.06. The highest BCUT2D eigenvalue weighted by molar-refractivity contribution is 6.33. The molecule has 21 heavy (non-hydrogen) atoms. The van der Waals surface area contributed by atoms with Crippen molar-refractivity contribution in [1.29, 1.82) is 0 Å². The molecule has 0 saturated carbocycles. The van der Waals surface area contributed by atoms with Gasteiger partial charge in [0.25, 0.3) is 0 Å². The van der Waals surface area contributed by atoms with E-state index in [1.54, 1.807) is 10.9 Å². The third-order valence-corrected chi connectivity index (χ3v) is 3.59. The highest BCUT2D eigenvalue weighted by Crippen LogP contribution is 2.36. The summed E-state index contributed by atoms with van der Waals surface area (Å²) in [6.07, 6.45) is 2.01. The molecule has 8 heteroatoms. The largest absolute Gasteiger partial charge is 0.394 e. The van der Waals surface area contributed by atoms with Gasteiger partial charge in [0.15, 0.2) is 10.8 Å². The molecule has 1 aliphatic heterocycles. The Morgan fingerprint density at radius 3 is 2.81 bits per heavy atom. The van der Waals surface area contributed by atoms with E-state index in [0.29, 0.717) is 11.2 Å². The minimum absolute atomic E-state index is 0.00531. The number of aliphatic hydroxyl groups excluding tert-OH is 1. The zero-order valence-electron chi connectivity index (χ0n) is 12.3. The zero-order chi connectivity index (χ0) is 15.6. The van der Waals surface area contributed by atoms with Crippen LogP contribution in [-0.4, -0.2) is 37.3 Å². The number of aromatic nitrogens is 4. The predicted octanol–water partition coefficient (Wildman–Crippen LogP) is 2.00. The first-order valence-electron chi connectivity index (χ1n) is 7.02. The molecule has 3 unspecified atom stereocenters. The van der Waals surface area contributed by atoms with E-state index in [2.05, 4.69) is 21.9 Å². The molecule has 0 amide bonds. The molecule has 0 aliphatic carbocycles. The second-order valence-electron chi connectivity index (χ2n) is 4.74. The minimum atomic E-state index is -0.229. The van der Waals surface area contributed by atoms with Gasteiger partial charge in [-0.2, -0.15) is 9.97 Å². The van der Waals surface area contributed by atoms with Crippen molar-refractivity contribution in [3.05, 3.63) is 11.5 Å². The number of hydrogen-bond donors (Lipinski definition) is 2. The lowest BCUT2D eigenvalue weighted by atomic mass is 10.1. The van der Waals surface area contributed by atoms with Gasteiger partial charge in [-0.05, 0) is 6.42 Å². The molecule has 7 nitrogen and oxygen atoms in total. The van der Waals surface area contributed by atoms with Gasteiger partial charge in [-0.15, -0.1) is 0 Å². The van der Waals surface area contributed by atoms with Crippen molar-refractivity contribution in [2.24, 2.45) is 5.92 Å². The fourth-order valence-electron chi connectivity index (χ4n) is 2.46. The van der Waals surface area contributed by atoms with E-state index in [4.69, 9.17) is 22.1 Å². The Labute approximate surface area is 128 Å². The van der Waals surface area contributed by atoms with Crippen molar-refractivity contribution >= 4 is 28.7 Å². The Morgan fingerprint density at radius 1 is 1.48 bits per heavy atom. The first kappa shape index (κ1) is 15.9. The average molecular weight is 314 g/mol. The van der Waals surface area contributed by atoms with Crippen LogP contribution in [0.15, 0.2) is 6.33 Å².